The van der Waals surface area contributed by atoms with Gasteiger partial charge in [0.05, 0.1) is 0 Å². The maximum absolute atomic E-state index is 4.23. The van der Waals surface area contributed by atoms with Crippen LogP contribution in [0.2, 0.25) is 0 Å². The van der Waals surface area contributed by atoms with Crippen molar-refractivity contribution in [3.63, 3.8) is 0 Å². The summed E-state index contributed by atoms with van der Waals surface area (Å²) in [6, 6.07) is 0. The number of aliphatic imine (C=N–C) groups is 1. The molecule has 17 heavy (non-hydrogen) atoms. The van der Waals surface area contributed by atoms with Gasteiger partial charge in [-0.25, -0.2) is 0 Å². The van der Waals surface area contributed by atoms with E-state index in [4.69, 9.17) is 0 Å². The van der Waals surface area contributed by atoms with E-state index in [1.807, 2.05) is 7.05 Å². The van der Waals surface area contributed by atoms with E-state index in [0.29, 0.717) is 5.41 Å². The molecule has 3 heteroatoms. The van der Waals surface area contributed by atoms with Crippen LogP contribution in [0, 0.1) is 11.3 Å². The standard InChI is InChI=1S/C14H29N3/c1-14(2,3)9-5-6-10-16-13(15-4)17-11-12-7-8-12/h12H,5-11H2,1-4H3,(H2,15,16,17). The highest BCUT2D eigenvalue weighted by molar-refractivity contribution is 5.79. The predicted molar refractivity (Wildman–Crippen MR) is 75.4 cm³/mol. The van der Waals surface area contributed by atoms with Crippen molar-refractivity contribution in [2.45, 2.75) is 52.9 Å². The van der Waals surface area contributed by atoms with E-state index >= 15 is 0 Å². The van der Waals surface area contributed by atoms with Crippen molar-refractivity contribution in [2.24, 2.45) is 16.3 Å². The average molecular weight is 239 g/mol. The Kier molecular flexibility index (Phi) is 5.79. The van der Waals surface area contributed by atoms with Crippen LogP contribution in [0.5, 0.6) is 0 Å². The summed E-state index contributed by atoms with van der Waals surface area (Å²) >= 11 is 0. The first-order valence-electron chi connectivity index (χ1n) is 6.96. The second-order valence-corrected chi connectivity index (χ2v) is 6.34. The third-order valence-electron chi connectivity index (χ3n) is 3.12. The molecule has 0 saturated heterocycles. The van der Waals surface area contributed by atoms with Crippen molar-refractivity contribution >= 4 is 5.96 Å². The Bertz CT molecular complexity index is 236. The van der Waals surface area contributed by atoms with Gasteiger partial charge >= 0.3 is 0 Å². The zero-order valence-electron chi connectivity index (χ0n) is 12.0. The lowest BCUT2D eigenvalue weighted by molar-refractivity contribution is 0.360. The molecule has 0 amide bonds. The molecule has 1 fully saturated rings. The molecule has 3 nitrogen and oxygen atoms in total. The molecule has 0 atom stereocenters. The summed E-state index contributed by atoms with van der Waals surface area (Å²) in [5.74, 6) is 1.86. The molecule has 0 aromatic rings. The summed E-state index contributed by atoms with van der Waals surface area (Å²) in [6.45, 7) is 9.02. The van der Waals surface area contributed by atoms with E-state index in [9.17, 15) is 0 Å². The zero-order chi connectivity index (χ0) is 12.7. The Morgan fingerprint density at radius 1 is 1.18 bits per heavy atom. The van der Waals surface area contributed by atoms with E-state index in [-0.39, 0.29) is 0 Å². The van der Waals surface area contributed by atoms with Crippen molar-refractivity contribution in [3.05, 3.63) is 0 Å². The van der Waals surface area contributed by atoms with Crippen molar-refractivity contribution < 1.29 is 0 Å². The van der Waals surface area contributed by atoms with Gasteiger partial charge in [0.2, 0.25) is 0 Å². The Balaban J connectivity index is 1.99. The fourth-order valence-electron chi connectivity index (χ4n) is 1.77. The summed E-state index contributed by atoms with van der Waals surface area (Å²) < 4.78 is 0. The van der Waals surface area contributed by atoms with Gasteiger partial charge in [0, 0.05) is 20.1 Å². The highest BCUT2D eigenvalue weighted by Crippen LogP contribution is 2.27. The number of nitrogens with one attached hydrogen (secondary N) is 2. The lowest BCUT2D eigenvalue weighted by atomic mass is 9.90. The van der Waals surface area contributed by atoms with Crippen molar-refractivity contribution in [2.75, 3.05) is 20.1 Å². The maximum atomic E-state index is 4.23. The Morgan fingerprint density at radius 2 is 1.88 bits per heavy atom. The molecule has 0 unspecified atom stereocenters. The number of rotatable bonds is 6. The van der Waals surface area contributed by atoms with Gasteiger partial charge in [0.15, 0.2) is 5.96 Å². The molecule has 0 aromatic carbocycles. The van der Waals surface area contributed by atoms with E-state index < -0.39 is 0 Å². The highest BCUT2D eigenvalue weighted by atomic mass is 15.2. The van der Waals surface area contributed by atoms with Gasteiger partial charge in [0.1, 0.15) is 0 Å². The lowest BCUT2D eigenvalue weighted by Gasteiger charge is -2.18. The van der Waals surface area contributed by atoms with E-state index in [1.165, 1.54) is 32.1 Å². The van der Waals surface area contributed by atoms with Crippen LogP contribution in [0.15, 0.2) is 4.99 Å². The minimum absolute atomic E-state index is 0.464. The van der Waals surface area contributed by atoms with Gasteiger partial charge < -0.3 is 10.6 Å². The second-order valence-electron chi connectivity index (χ2n) is 6.34. The normalized spacial score (nSPS) is 17.1. The zero-order valence-corrected chi connectivity index (χ0v) is 12.0. The maximum Gasteiger partial charge on any atom is 0.190 e. The van der Waals surface area contributed by atoms with Gasteiger partial charge in [-0.3, -0.25) is 4.99 Å². The SMILES string of the molecule is CN=C(NCCCCC(C)(C)C)NCC1CC1. The third kappa shape index (κ3) is 8.06. The lowest BCUT2D eigenvalue weighted by Crippen LogP contribution is -2.38. The third-order valence-corrected chi connectivity index (χ3v) is 3.12. The van der Waals surface area contributed by atoms with Crippen LogP contribution < -0.4 is 10.6 Å². The first-order valence-corrected chi connectivity index (χ1v) is 6.96. The number of hydrogen-bond donors (Lipinski definition) is 2. The van der Waals surface area contributed by atoms with Crippen LogP contribution in [-0.4, -0.2) is 26.1 Å². The molecule has 1 rings (SSSR count). The number of nitrogens with zero attached hydrogens (tertiary/aromatic N) is 1. The molecule has 0 aromatic heterocycles. The molecule has 100 valence electrons. The summed E-state index contributed by atoms with van der Waals surface area (Å²) in [6.07, 6.45) is 6.57. The molecule has 1 aliphatic carbocycles. The molecule has 0 aliphatic heterocycles. The van der Waals surface area contributed by atoms with Gasteiger partial charge in [0.25, 0.3) is 0 Å². The summed E-state index contributed by atoms with van der Waals surface area (Å²) in [4.78, 5) is 4.23. The van der Waals surface area contributed by atoms with Crippen molar-refractivity contribution in [1.29, 1.82) is 0 Å². The fraction of sp³-hybridized carbons (Fsp3) is 0.929. The van der Waals surface area contributed by atoms with Crippen molar-refractivity contribution in [3.8, 4) is 0 Å². The van der Waals surface area contributed by atoms with Crippen LogP contribution in [0.25, 0.3) is 0 Å². The monoisotopic (exact) mass is 239 g/mol. The van der Waals surface area contributed by atoms with Gasteiger partial charge in [-0.1, -0.05) is 27.2 Å². The predicted octanol–water partition coefficient (Wildman–Crippen LogP) is 2.78. The van der Waals surface area contributed by atoms with Gasteiger partial charge in [-0.05, 0) is 37.0 Å². The summed E-state index contributed by atoms with van der Waals surface area (Å²) in [5, 5.41) is 6.76. The molecule has 0 spiro atoms. The molecule has 0 heterocycles. The Morgan fingerprint density at radius 3 is 2.41 bits per heavy atom. The van der Waals surface area contributed by atoms with Gasteiger partial charge in [-0.15, -0.1) is 0 Å². The molecular weight excluding hydrogens is 210 g/mol. The highest BCUT2D eigenvalue weighted by Gasteiger charge is 2.20. The topological polar surface area (TPSA) is 36.4 Å². The fourth-order valence-corrected chi connectivity index (χ4v) is 1.77. The Hall–Kier alpha value is -0.730. The second kappa shape index (κ2) is 6.87. The summed E-state index contributed by atoms with van der Waals surface area (Å²) in [5.41, 5.74) is 0.464. The molecule has 0 bridgehead atoms. The molecule has 2 N–H and O–H groups in total. The van der Waals surface area contributed by atoms with E-state index in [1.54, 1.807) is 0 Å². The largest absolute Gasteiger partial charge is 0.356 e. The minimum atomic E-state index is 0.464. The number of guanidine groups is 1. The molecule has 1 saturated carbocycles. The smallest absolute Gasteiger partial charge is 0.190 e. The van der Waals surface area contributed by atoms with E-state index in [2.05, 4.69) is 36.4 Å². The van der Waals surface area contributed by atoms with Crippen LogP contribution in [0.3, 0.4) is 0 Å². The first-order chi connectivity index (χ1) is 8.01. The quantitative estimate of drug-likeness (QED) is 0.425. The van der Waals surface area contributed by atoms with Crippen LogP contribution >= 0.6 is 0 Å². The Labute approximate surface area is 106 Å². The van der Waals surface area contributed by atoms with Crippen LogP contribution in [0.1, 0.15) is 52.9 Å². The molecular formula is C14H29N3. The van der Waals surface area contributed by atoms with Crippen LogP contribution in [-0.2, 0) is 0 Å². The number of hydrogen-bond acceptors (Lipinski definition) is 1. The molecule has 0 radical (unpaired) electrons. The average Bonchev–Trinajstić information content (AvgIpc) is 3.04. The minimum Gasteiger partial charge on any atom is -0.356 e. The number of unbranched alkanes of at least 4 members (excludes halogenated alkanes) is 1. The summed E-state index contributed by atoms with van der Waals surface area (Å²) in [7, 11) is 1.84. The molecule has 1 aliphatic rings. The first kappa shape index (κ1) is 14.3. The van der Waals surface area contributed by atoms with E-state index in [0.717, 1.165) is 25.0 Å². The van der Waals surface area contributed by atoms with Crippen LogP contribution in [0.4, 0.5) is 0 Å². The van der Waals surface area contributed by atoms with Gasteiger partial charge in [-0.2, -0.15) is 0 Å². The van der Waals surface area contributed by atoms with Crippen molar-refractivity contribution in [1.82, 2.24) is 10.6 Å².